The minimum absolute atomic E-state index is 0.295. The third kappa shape index (κ3) is 3.38. The van der Waals surface area contributed by atoms with Crippen molar-refractivity contribution >= 4 is 11.3 Å². The summed E-state index contributed by atoms with van der Waals surface area (Å²) in [6.07, 6.45) is 2.97. The van der Waals surface area contributed by atoms with E-state index in [1.165, 1.54) is 9.75 Å². The van der Waals surface area contributed by atoms with Crippen LogP contribution in [0.4, 0.5) is 0 Å². The van der Waals surface area contributed by atoms with Crippen molar-refractivity contribution in [3.8, 4) is 0 Å². The van der Waals surface area contributed by atoms with Crippen LogP contribution in [0.15, 0.2) is 36.5 Å². The van der Waals surface area contributed by atoms with Gasteiger partial charge in [-0.05, 0) is 37.6 Å². The third-order valence-electron chi connectivity index (χ3n) is 2.78. The molecule has 0 bridgehead atoms. The van der Waals surface area contributed by atoms with Crippen LogP contribution in [0.5, 0.6) is 0 Å². The number of rotatable bonds is 5. The standard InChI is InChI=1S/C14H18N2S/c1-3-12-7-8-13(17-12)10-16-11(2)14-6-4-5-9-15-14/h4-9,11,16H,3,10H2,1-2H3. The summed E-state index contributed by atoms with van der Waals surface area (Å²) in [7, 11) is 0. The van der Waals surface area contributed by atoms with Crippen LogP contribution in [0, 0.1) is 0 Å². The molecule has 17 heavy (non-hydrogen) atoms. The lowest BCUT2D eigenvalue weighted by atomic mass is 10.2. The Morgan fingerprint density at radius 3 is 2.71 bits per heavy atom. The van der Waals surface area contributed by atoms with E-state index in [9.17, 15) is 0 Å². The van der Waals surface area contributed by atoms with E-state index in [4.69, 9.17) is 0 Å². The van der Waals surface area contributed by atoms with Crippen molar-refractivity contribution in [1.82, 2.24) is 10.3 Å². The quantitative estimate of drug-likeness (QED) is 0.872. The normalized spacial score (nSPS) is 12.6. The average molecular weight is 246 g/mol. The van der Waals surface area contributed by atoms with Gasteiger partial charge in [-0.15, -0.1) is 11.3 Å². The molecule has 2 heterocycles. The van der Waals surface area contributed by atoms with E-state index in [1.54, 1.807) is 0 Å². The first-order valence-electron chi connectivity index (χ1n) is 6.01. The number of aromatic nitrogens is 1. The lowest BCUT2D eigenvalue weighted by molar-refractivity contribution is 0.565. The Bertz CT molecular complexity index is 450. The van der Waals surface area contributed by atoms with Crippen molar-refractivity contribution in [2.75, 3.05) is 0 Å². The molecule has 0 spiro atoms. The van der Waals surface area contributed by atoms with Crippen molar-refractivity contribution in [3.63, 3.8) is 0 Å². The molecule has 3 heteroatoms. The Balaban J connectivity index is 1.90. The first kappa shape index (κ1) is 12.3. The Labute approximate surface area is 107 Å². The second-order valence-corrected chi connectivity index (χ2v) is 5.33. The molecular weight excluding hydrogens is 228 g/mol. The van der Waals surface area contributed by atoms with Gasteiger partial charge in [-0.1, -0.05) is 13.0 Å². The summed E-state index contributed by atoms with van der Waals surface area (Å²) in [6, 6.07) is 10.8. The fourth-order valence-corrected chi connectivity index (χ4v) is 2.61. The Morgan fingerprint density at radius 1 is 1.24 bits per heavy atom. The molecule has 1 unspecified atom stereocenters. The molecule has 90 valence electrons. The van der Waals surface area contributed by atoms with Gasteiger partial charge in [0, 0.05) is 28.5 Å². The van der Waals surface area contributed by atoms with Crippen molar-refractivity contribution in [1.29, 1.82) is 0 Å². The van der Waals surface area contributed by atoms with Gasteiger partial charge in [0.15, 0.2) is 0 Å². The summed E-state index contributed by atoms with van der Waals surface area (Å²) >= 11 is 1.89. The molecule has 2 rings (SSSR count). The van der Waals surface area contributed by atoms with Crippen LogP contribution < -0.4 is 5.32 Å². The second kappa shape index (κ2) is 5.94. The summed E-state index contributed by atoms with van der Waals surface area (Å²) < 4.78 is 0. The van der Waals surface area contributed by atoms with Crippen molar-refractivity contribution in [2.45, 2.75) is 32.9 Å². The topological polar surface area (TPSA) is 24.9 Å². The zero-order valence-electron chi connectivity index (χ0n) is 10.3. The molecule has 0 amide bonds. The lowest BCUT2D eigenvalue weighted by Crippen LogP contribution is -2.18. The van der Waals surface area contributed by atoms with E-state index in [-0.39, 0.29) is 0 Å². The first-order valence-corrected chi connectivity index (χ1v) is 6.83. The second-order valence-electron chi connectivity index (χ2n) is 4.08. The zero-order chi connectivity index (χ0) is 12.1. The van der Waals surface area contributed by atoms with Gasteiger partial charge in [0.2, 0.25) is 0 Å². The van der Waals surface area contributed by atoms with Gasteiger partial charge in [0.1, 0.15) is 0 Å². The minimum Gasteiger partial charge on any atom is -0.304 e. The predicted octanol–water partition coefficient (Wildman–Crippen LogP) is 3.56. The Morgan fingerprint density at radius 2 is 2.06 bits per heavy atom. The van der Waals surface area contributed by atoms with Crippen LogP contribution >= 0.6 is 11.3 Å². The molecule has 0 saturated heterocycles. The molecule has 0 fully saturated rings. The zero-order valence-corrected chi connectivity index (χ0v) is 11.1. The highest BCUT2D eigenvalue weighted by Crippen LogP contribution is 2.18. The number of hydrogen-bond donors (Lipinski definition) is 1. The van der Waals surface area contributed by atoms with Crippen LogP contribution in [-0.2, 0) is 13.0 Å². The van der Waals surface area contributed by atoms with Crippen LogP contribution in [0.3, 0.4) is 0 Å². The molecule has 0 aliphatic heterocycles. The van der Waals surface area contributed by atoms with Gasteiger partial charge in [0.25, 0.3) is 0 Å². The van der Waals surface area contributed by atoms with E-state index in [0.29, 0.717) is 6.04 Å². The molecule has 2 aromatic rings. The third-order valence-corrected chi connectivity index (χ3v) is 4.01. The molecule has 0 aliphatic rings. The molecule has 2 aromatic heterocycles. The number of aryl methyl sites for hydroxylation is 1. The highest BCUT2D eigenvalue weighted by molar-refractivity contribution is 7.11. The maximum atomic E-state index is 4.35. The monoisotopic (exact) mass is 246 g/mol. The summed E-state index contributed by atoms with van der Waals surface area (Å²) in [6.45, 7) is 5.26. The molecule has 0 aromatic carbocycles. The van der Waals surface area contributed by atoms with Gasteiger partial charge in [-0.25, -0.2) is 0 Å². The average Bonchev–Trinajstić information content (AvgIpc) is 2.85. The van der Waals surface area contributed by atoms with Crippen LogP contribution in [0.25, 0.3) is 0 Å². The largest absolute Gasteiger partial charge is 0.304 e. The smallest absolute Gasteiger partial charge is 0.0570 e. The molecule has 0 aliphatic carbocycles. The Kier molecular flexibility index (Phi) is 4.29. The number of thiophene rings is 1. The van der Waals surface area contributed by atoms with Gasteiger partial charge in [0.05, 0.1) is 5.69 Å². The lowest BCUT2D eigenvalue weighted by Gasteiger charge is -2.12. The predicted molar refractivity (Wildman–Crippen MR) is 73.2 cm³/mol. The van der Waals surface area contributed by atoms with Gasteiger partial charge < -0.3 is 5.32 Å². The maximum Gasteiger partial charge on any atom is 0.0570 e. The molecule has 1 N–H and O–H groups in total. The van der Waals surface area contributed by atoms with E-state index < -0.39 is 0 Å². The van der Waals surface area contributed by atoms with E-state index >= 15 is 0 Å². The van der Waals surface area contributed by atoms with Crippen LogP contribution in [0.1, 0.15) is 35.3 Å². The highest BCUT2D eigenvalue weighted by Gasteiger charge is 2.06. The minimum atomic E-state index is 0.295. The SMILES string of the molecule is CCc1ccc(CNC(C)c2ccccn2)s1. The van der Waals surface area contributed by atoms with Crippen molar-refractivity contribution < 1.29 is 0 Å². The molecular formula is C14H18N2S. The molecule has 0 radical (unpaired) electrons. The van der Waals surface area contributed by atoms with Gasteiger partial charge >= 0.3 is 0 Å². The van der Waals surface area contributed by atoms with E-state index in [1.807, 2.05) is 29.7 Å². The van der Waals surface area contributed by atoms with Crippen molar-refractivity contribution in [2.24, 2.45) is 0 Å². The van der Waals surface area contributed by atoms with E-state index in [2.05, 4.69) is 42.3 Å². The number of nitrogens with zero attached hydrogens (tertiary/aromatic N) is 1. The number of hydrogen-bond acceptors (Lipinski definition) is 3. The van der Waals surface area contributed by atoms with E-state index in [0.717, 1.165) is 18.7 Å². The molecule has 2 nitrogen and oxygen atoms in total. The van der Waals surface area contributed by atoms with Gasteiger partial charge in [-0.3, -0.25) is 4.98 Å². The number of pyridine rings is 1. The van der Waals surface area contributed by atoms with Gasteiger partial charge in [-0.2, -0.15) is 0 Å². The highest BCUT2D eigenvalue weighted by atomic mass is 32.1. The first-order chi connectivity index (χ1) is 8.29. The number of nitrogens with one attached hydrogen (secondary N) is 1. The van der Waals surface area contributed by atoms with Crippen LogP contribution in [-0.4, -0.2) is 4.98 Å². The summed E-state index contributed by atoms with van der Waals surface area (Å²) in [5, 5.41) is 3.50. The fraction of sp³-hybridized carbons (Fsp3) is 0.357. The maximum absolute atomic E-state index is 4.35. The Hall–Kier alpha value is -1.19. The molecule has 0 saturated carbocycles. The fourth-order valence-electron chi connectivity index (χ4n) is 1.70. The summed E-state index contributed by atoms with van der Waals surface area (Å²) in [5.41, 5.74) is 1.10. The van der Waals surface area contributed by atoms with Crippen molar-refractivity contribution in [3.05, 3.63) is 52.0 Å². The summed E-state index contributed by atoms with van der Waals surface area (Å²) in [4.78, 5) is 7.20. The summed E-state index contributed by atoms with van der Waals surface area (Å²) in [5.74, 6) is 0. The van der Waals surface area contributed by atoms with Crippen LogP contribution in [0.2, 0.25) is 0 Å². The molecule has 1 atom stereocenters.